The summed E-state index contributed by atoms with van der Waals surface area (Å²) >= 11 is 6.04. The molecule has 29 heavy (non-hydrogen) atoms. The van der Waals surface area contributed by atoms with Gasteiger partial charge in [-0.2, -0.15) is 0 Å². The Morgan fingerprint density at radius 1 is 0.862 bits per heavy atom. The molecule has 0 atom stereocenters. The summed E-state index contributed by atoms with van der Waals surface area (Å²) in [6.45, 7) is 0. The molecule has 0 saturated carbocycles. The molecule has 0 bridgehead atoms. The van der Waals surface area contributed by atoms with Crippen LogP contribution in [0.25, 0.3) is 22.3 Å². The summed E-state index contributed by atoms with van der Waals surface area (Å²) < 4.78 is 5.75. The first-order valence-corrected chi connectivity index (χ1v) is 8.99. The molecule has 0 saturated heterocycles. The summed E-state index contributed by atoms with van der Waals surface area (Å²) in [5.41, 5.74) is 1.28. The number of fused-ring (bicyclic) bond motifs is 1. The standard InChI is InChI=1S/C22H15ClO6/c23-13-3-1-2-11(5-13)4-12-6-16(25)17(26)9-15(12)20-10-19(28)22-18(27)7-14(24)8-21(22)29-20/h1-3,5-10,24-27H,4H2. The predicted molar refractivity (Wildman–Crippen MR) is 109 cm³/mol. The Morgan fingerprint density at radius 2 is 1.62 bits per heavy atom. The molecule has 0 amide bonds. The Balaban J connectivity index is 1.92. The molecule has 0 aliphatic heterocycles. The van der Waals surface area contributed by atoms with Crippen molar-refractivity contribution in [3.63, 3.8) is 0 Å². The van der Waals surface area contributed by atoms with Gasteiger partial charge in [-0.3, -0.25) is 4.79 Å². The lowest BCUT2D eigenvalue weighted by Gasteiger charge is -2.12. The quantitative estimate of drug-likeness (QED) is 0.369. The molecule has 0 spiro atoms. The van der Waals surface area contributed by atoms with Gasteiger partial charge in [-0.05, 0) is 41.8 Å². The normalized spacial score (nSPS) is 11.1. The minimum Gasteiger partial charge on any atom is -0.508 e. The van der Waals surface area contributed by atoms with Crippen molar-refractivity contribution < 1.29 is 24.8 Å². The lowest BCUT2D eigenvalue weighted by Crippen LogP contribution is -2.02. The average Bonchev–Trinajstić information content (AvgIpc) is 2.63. The third kappa shape index (κ3) is 3.58. The van der Waals surface area contributed by atoms with Crippen LogP contribution in [-0.2, 0) is 6.42 Å². The SMILES string of the molecule is O=c1cc(-c2cc(O)c(O)cc2Cc2cccc(Cl)c2)oc2cc(O)cc(O)c12. The predicted octanol–water partition coefficient (Wildman–Crippen LogP) is 4.53. The van der Waals surface area contributed by atoms with Crippen molar-refractivity contribution in [1.29, 1.82) is 0 Å². The minimum atomic E-state index is -0.514. The van der Waals surface area contributed by atoms with E-state index in [0.717, 1.165) is 11.6 Å². The number of hydrogen-bond donors (Lipinski definition) is 4. The van der Waals surface area contributed by atoms with Crippen LogP contribution in [0.3, 0.4) is 0 Å². The molecular weight excluding hydrogens is 396 g/mol. The largest absolute Gasteiger partial charge is 0.508 e. The molecule has 146 valence electrons. The van der Waals surface area contributed by atoms with Gasteiger partial charge >= 0.3 is 0 Å². The van der Waals surface area contributed by atoms with E-state index in [9.17, 15) is 25.2 Å². The van der Waals surface area contributed by atoms with Crippen molar-refractivity contribution in [2.75, 3.05) is 0 Å². The number of rotatable bonds is 3. The van der Waals surface area contributed by atoms with Crippen molar-refractivity contribution in [3.05, 3.63) is 81.0 Å². The van der Waals surface area contributed by atoms with E-state index < -0.39 is 11.2 Å². The fraction of sp³-hybridized carbons (Fsp3) is 0.0455. The number of hydrogen-bond acceptors (Lipinski definition) is 6. The molecule has 0 unspecified atom stereocenters. The van der Waals surface area contributed by atoms with Crippen molar-refractivity contribution in [3.8, 4) is 34.3 Å². The van der Waals surface area contributed by atoms with Crippen molar-refractivity contribution in [2.45, 2.75) is 6.42 Å². The molecule has 3 aromatic carbocycles. The van der Waals surface area contributed by atoms with E-state index in [0.29, 0.717) is 22.6 Å². The number of phenolic OH excluding ortho intramolecular Hbond substituents is 4. The summed E-state index contributed by atoms with van der Waals surface area (Å²) in [5, 5.41) is 40.1. The zero-order chi connectivity index (χ0) is 20.7. The van der Waals surface area contributed by atoms with Gasteiger partial charge in [0.1, 0.15) is 28.2 Å². The first-order valence-electron chi connectivity index (χ1n) is 8.61. The van der Waals surface area contributed by atoms with Crippen LogP contribution in [0.5, 0.6) is 23.0 Å². The summed E-state index contributed by atoms with van der Waals surface area (Å²) in [6, 6.07) is 13.3. The fourth-order valence-electron chi connectivity index (χ4n) is 3.25. The highest BCUT2D eigenvalue weighted by Crippen LogP contribution is 2.37. The second-order valence-corrected chi connectivity index (χ2v) is 7.05. The summed E-state index contributed by atoms with van der Waals surface area (Å²) in [7, 11) is 0. The van der Waals surface area contributed by atoms with Gasteiger partial charge in [0.25, 0.3) is 0 Å². The van der Waals surface area contributed by atoms with Crippen molar-refractivity contribution >= 4 is 22.6 Å². The van der Waals surface area contributed by atoms with Crippen LogP contribution in [-0.4, -0.2) is 20.4 Å². The van der Waals surface area contributed by atoms with Crippen LogP contribution in [0.2, 0.25) is 5.02 Å². The third-order valence-corrected chi connectivity index (χ3v) is 4.78. The molecule has 0 radical (unpaired) electrons. The highest BCUT2D eigenvalue weighted by atomic mass is 35.5. The Morgan fingerprint density at radius 3 is 2.38 bits per heavy atom. The summed E-state index contributed by atoms with van der Waals surface area (Å²) in [4.78, 5) is 12.5. The van der Waals surface area contributed by atoms with E-state index in [-0.39, 0.29) is 34.0 Å². The molecule has 4 N–H and O–H groups in total. The lowest BCUT2D eigenvalue weighted by atomic mass is 9.97. The highest BCUT2D eigenvalue weighted by Gasteiger charge is 2.17. The first kappa shape index (κ1) is 18.7. The molecule has 7 heteroatoms. The van der Waals surface area contributed by atoms with Gasteiger partial charge in [0.15, 0.2) is 16.9 Å². The van der Waals surface area contributed by atoms with Crippen LogP contribution < -0.4 is 5.43 Å². The van der Waals surface area contributed by atoms with Crippen LogP contribution in [0.4, 0.5) is 0 Å². The van der Waals surface area contributed by atoms with Gasteiger partial charge in [0, 0.05) is 28.8 Å². The maximum Gasteiger partial charge on any atom is 0.197 e. The van der Waals surface area contributed by atoms with E-state index in [2.05, 4.69) is 0 Å². The Bertz CT molecular complexity index is 1310. The topological polar surface area (TPSA) is 111 Å². The van der Waals surface area contributed by atoms with Gasteiger partial charge in [0.2, 0.25) is 0 Å². The maximum atomic E-state index is 12.5. The lowest BCUT2D eigenvalue weighted by molar-refractivity contribution is 0.403. The Hall–Kier alpha value is -3.64. The molecule has 4 aromatic rings. The first-order chi connectivity index (χ1) is 13.8. The smallest absolute Gasteiger partial charge is 0.197 e. The number of halogens is 1. The molecule has 0 aliphatic carbocycles. The van der Waals surface area contributed by atoms with Crippen LogP contribution in [0, 0.1) is 0 Å². The molecule has 1 heterocycles. The number of aromatic hydroxyl groups is 4. The van der Waals surface area contributed by atoms with E-state index in [1.165, 1.54) is 24.3 Å². The minimum absolute atomic E-state index is 0.00808. The van der Waals surface area contributed by atoms with Gasteiger partial charge in [-0.1, -0.05) is 23.7 Å². The zero-order valence-corrected chi connectivity index (χ0v) is 15.6. The van der Waals surface area contributed by atoms with Gasteiger partial charge in [-0.15, -0.1) is 0 Å². The van der Waals surface area contributed by atoms with Crippen molar-refractivity contribution in [1.82, 2.24) is 0 Å². The maximum absolute atomic E-state index is 12.5. The summed E-state index contributed by atoms with van der Waals surface area (Å²) in [5.74, 6) is -1.24. The molecule has 6 nitrogen and oxygen atoms in total. The van der Waals surface area contributed by atoms with Gasteiger partial charge in [0.05, 0.1) is 0 Å². The number of phenols is 4. The van der Waals surface area contributed by atoms with E-state index in [4.69, 9.17) is 16.0 Å². The van der Waals surface area contributed by atoms with E-state index >= 15 is 0 Å². The molecule has 1 aromatic heterocycles. The van der Waals surface area contributed by atoms with E-state index in [1.807, 2.05) is 6.07 Å². The van der Waals surface area contributed by atoms with Gasteiger partial charge in [-0.25, -0.2) is 0 Å². The Kier molecular flexibility index (Phi) is 4.56. The second kappa shape index (κ2) is 7.07. The molecule has 0 aliphatic rings. The monoisotopic (exact) mass is 410 g/mol. The zero-order valence-electron chi connectivity index (χ0n) is 14.9. The Labute approximate surface area is 169 Å². The number of benzene rings is 3. The molecular formula is C22H15ClO6. The average molecular weight is 411 g/mol. The van der Waals surface area contributed by atoms with E-state index in [1.54, 1.807) is 18.2 Å². The molecule has 4 rings (SSSR count). The molecule has 0 fully saturated rings. The van der Waals surface area contributed by atoms with Gasteiger partial charge < -0.3 is 24.8 Å². The third-order valence-electron chi connectivity index (χ3n) is 4.54. The second-order valence-electron chi connectivity index (χ2n) is 6.62. The summed E-state index contributed by atoms with van der Waals surface area (Å²) in [6.07, 6.45) is 0.344. The van der Waals surface area contributed by atoms with Crippen molar-refractivity contribution in [2.24, 2.45) is 0 Å². The van der Waals surface area contributed by atoms with Crippen LogP contribution >= 0.6 is 11.6 Å². The highest BCUT2D eigenvalue weighted by molar-refractivity contribution is 6.30. The van der Waals surface area contributed by atoms with Crippen LogP contribution in [0.15, 0.2) is 63.8 Å². The van der Waals surface area contributed by atoms with Crippen LogP contribution in [0.1, 0.15) is 11.1 Å². The fourth-order valence-corrected chi connectivity index (χ4v) is 3.46.